The Bertz CT molecular complexity index is 994. The van der Waals surface area contributed by atoms with E-state index < -0.39 is 29.0 Å². The predicted molar refractivity (Wildman–Crippen MR) is 134 cm³/mol. The first-order valence-electron chi connectivity index (χ1n) is 14.7. The van der Waals surface area contributed by atoms with Crippen LogP contribution in [0.25, 0.3) is 0 Å². The number of hydrogen-bond donors (Lipinski definition) is 4. The van der Waals surface area contributed by atoms with Crippen molar-refractivity contribution in [3.05, 3.63) is 0 Å². The predicted octanol–water partition coefficient (Wildman–Crippen LogP) is 3.77. The number of fused-ring (bicyclic) bond motifs is 7. The topological polar surface area (TPSA) is 99.4 Å². The van der Waals surface area contributed by atoms with Gasteiger partial charge >= 0.3 is 0 Å². The molecule has 13 atom stereocenters. The second-order valence-corrected chi connectivity index (χ2v) is 15.9. The van der Waals surface area contributed by atoms with Gasteiger partial charge in [0.15, 0.2) is 5.79 Å². The second kappa shape index (κ2) is 6.55. The normalized spacial score (nSPS) is 65.2. The molecule has 4 N–H and O–H groups in total. The molecule has 6 heteroatoms. The van der Waals surface area contributed by atoms with Crippen LogP contribution in [0.4, 0.5) is 0 Å². The van der Waals surface area contributed by atoms with E-state index in [-0.39, 0.29) is 51.8 Å². The number of aliphatic hydroxyl groups is 4. The van der Waals surface area contributed by atoms with Crippen molar-refractivity contribution in [1.29, 1.82) is 0 Å². The van der Waals surface area contributed by atoms with Crippen molar-refractivity contribution < 1.29 is 29.9 Å². The van der Waals surface area contributed by atoms with E-state index in [9.17, 15) is 20.4 Å². The summed E-state index contributed by atoms with van der Waals surface area (Å²) >= 11 is 0. The van der Waals surface area contributed by atoms with Crippen LogP contribution in [-0.4, -0.2) is 62.3 Å². The molecule has 5 aliphatic carbocycles. The van der Waals surface area contributed by atoms with E-state index >= 15 is 0 Å². The highest BCUT2D eigenvalue weighted by Gasteiger charge is 2.86. The van der Waals surface area contributed by atoms with Gasteiger partial charge < -0.3 is 29.9 Å². The lowest BCUT2D eigenvalue weighted by Crippen LogP contribution is -2.64. The number of aliphatic hydroxyl groups excluding tert-OH is 3. The van der Waals surface area contributed by atoms with Gasteiger partial charge in [0.25, 0.3) is 0 Å². The largest absolute Gasteiger partial charge is 0.396 e. The van der Waals surface area contributed by atoms with Gasteiger partial charge in [0, 0.05) is 23.7 Å². The average molecular weight is 505 g/mol. The summed E-state index contributed by atoms with van der Waals surface area (Å²) in [7, 11) is 0. The van der Waals surface area contributed by atoms with E-state index in [1.807, 2.05) is 20.8 Å². The Hall–Kier alpha value is -0.240. The maximum Gasteiger partial charge on any atom is 0.197 e. The summed E-state index contributed by atoms with van der Waals surface area (Å²) in [6, 6.07) is 0. The molecular weight excluding hydrogens is 456 g/mol. The van der Waals surface area contributed by atoms with Crippen LogP contribution in [0, 0.1) is 44.8 Å². The third-order valence-corrected chi connectivity index (χ3v) is 14.4. The number of rotatable bonds is 2. The molecule has 0 aromatic rings. The van der Waals surface area contributed by atoms with Crippen LogP contribution in [0.1, 0.15) is 99.3 Å². The van der Waals surface area contributed by atoms with Gasteiger partial charge in [-0.2, -0.15) is 0 Å². The van der Waals surface area contributed by atoms with E-state index in [0.29, 0.717) is 5.92 Å². The SMILES string of the molecule is CC(C)(O)[C@]12CC[C@@](C)(O1)[C@H]1[C@H](C[C@@]3(C)[C@@H]4C[C@H](O)[C@H]5[C@](C)(CO)[C@@H](O)CC[C@@]56C[C@@]46CC[C@]13C)O2. The Labute approximate surface area is 216 Å². The van der Waals surface area contributed by atoms with Gasteiger partial charge in [0.1, 0.15) is 5.60 Å². The molecular formula is C30H48O6. The first kappa shape index (κ1) is 24.8. The summed E-state index contributed by atoms with van der Waals surface area (Å²) < 4.78 is 13.6. The molecule has 0 aromatic carbocycles. The summed E-state index contributed by atoms with van der Waals surface area (Å²) in [6.45, 7) is 12.8. The highest BCUT2D eigenvalue weighted by Crippen LogP contribution is 2.89. The van der Waals surface area contributed by atoms with Gasteiger partial charge in [-0.05, 0) is 99.7 Å². The lowest BCUT2D eigenvalue weighted by Gasteiger charge is -2.64. The molecule has 0 aromatic heterocycles. The minimum atomic E-state index is -1.07. The van der Waals surface area contributed by atoms with Gasteiger partial charge in [0.05, 0.1) is 30.5 Å². The van der Waals surface area contributed by atoms with E-state index in [1.165, 1.54) is 0 Å². The van der Waals surface area contributed by atoms with Crippen LogP contribution in [-0.2, 0) is 9.47 Å². The quantitative estimate of drug-likeness (QED) is 0.457. The molecule has 2 spiro atoms. The molecule has 7 rings (SSSR count). The Kier molecular flexibility index (Phi) is 4.51. The summed E-state index contributed by atoms with van der Waals surface area (Å²) in [5, 5.41) is 44.3. The third-order valence-electron chi connectivity index (χ3n) is 14.4. The molecule has 5 saturated carbocycles. The van der Waals surface area contributed by atoms with E-state index in [1.54, 1.807) is 0 Å². The maximum absolute atomic E-state index is 11.8. The molecule has 2 aliphatic heterocycles. The molecule has 36 heavy (non-hydrogen) atoms. The number of hydrogen-bond acceptors (Lipinski definition) is 6. The van der Waals surface area contributed by atoms with Crippen LogP contribution in [0.5, 0.6) is 0 Å². The standard InChI is InChI=1S/C30H48O6/c1-23(2,34)30-12-10-27(6,36-30)22-18(35-30)14-26(5)19-13-17(32)21-24(3,16-31)20(33)7-8-29(21)15-28(19,29)11-9-25(22,26)4/h17-22,31-34H,7-16H2,1-6H3/t17-,18-,19-,20-,21-,22-,24+,25+,26-,27+,28-,29+,30-/m0/s1. The fraction of sp³-hybridized carbons (Fsp3) is 1.00. The molecule has 0 amide bonds. The van der Waals surface area contributed by atoms with Gasteiger partial charge in [-0.1, -0.05) is 20.8 Å². The fourth-order valence-electron chi connectivity index (χ4n) is 12.6. The molecule has 204 valence electrons. The van der Waals surface area contributed by atoms with Crippen LogP contribution in [0.15, 0.2) is 0 Å². The van der Waals surface area contributed by atoms with Gasteiger partial charge in [-0.25, -0.2) is 0 Å². The minimum Gasteiger partial charge on any atom is -0.396 e. The summed E-state index contributed by atoms with van der Waals surface area (Å²) in [5.74, 6) is -0.326. The van der Waals surface area contributed by atoms with Gasteiger partial charge in [-0.3, -0.25) is 0 Å². The molecule has 2 saturated heterocycles. The van der Waals surface area contributed by atoms with E-state index in [0.717, 1.165) is 57.8 Å². The Morgan fingerprint density at radius 1 is 0.889 bits per heavy atom. The smallest absolute Gasteiger partial charge is 0.197 e. The van der Waals surface area contributed by atoms with Gasteiger partial charge in [-0.15, -0.1) is 0 Å². The monoisotopic (exact) mass is 504 g/mol. The van der Waals surface area contributed by atoms with E-state index in [4.69, 9.17) is 9.47 Å². The van der Waals surface area contributed by atoms with Crippen molar-refractivity contribution >= 4 is 0 Å². The molecule has 7 fully saturated rings. The van der Waals surface area contributed by atoms with Crippen molar-refractivity contribution in [2.45, 2.75) is 135 Å². The summed E-state index contributed by atoms with van der Waals surface area (Å²) in [5.41, 5.74) is -1.79. The van der Waals surface area contributed by atoms with Crippen molar-refractivity contribution in [1.82, 2.24) is 0 Å². The first-order chi connectivity index (χ1) is 16.6. The van der Waals surface area contributed by atoms with Crippen LogP contribution < -0.4 is 0 Å². The molecule has 0 unspecified atom stereocenters. The van der Waals surface area contributed by atoms with Crippen molar-refractivity contribution in [3.63, 3.8) is 0 Å². The molecule has 2 heterocycles. The fourth-order valence-corrected chi connectivity index (χ4v) is 12.6. The second-order valence-electron chi connectivity index (χ2n) is 15.9. The Morgan fingerprint density at radius 2 is 1.61 bits per heavy atom. The number of ether oxygens (including phenoxy) is 2. The van der Waals surface area contributed by atoms with Crippen LogP contribution >= 0.6 is 0 Å². The van der Waals surface area contributed by atoms with E-state index in [2.05, 4.69) is 20.8 Å². The lowest BCUT2D eigenvalue weighted by molar-refractivity contribution is -0.383. The minimum absolute atomic E-state index is 0.000644. The zero-order chi connectivity index (χ0) is 25.9. The molecule has 0 radical (unpaired) electrons. The Balaban J connectivity index is 1.30. The summed E-state index contributed by atoms with van der Waals surface area (Å²) in [6.07, 6.45) is 7.39. The highest BCUT2D eigenvalue weighted by molar-refractivity contribution is 5.33. The molecule has 7 aliphatic rings. The van der Waals surface area contributed by atoms with Crippen molar-refractivity contribution in [2.24, 2.45) is 44.8 Å². The molecule has 6 nitrogen and oxygen atoms in total. The molecule has 2 bridgehead atoms. The summed E-state index contributed by atoms with van der Waals surface area (Å²) in [4.78, 5) is 0. The zero-order valence-corrected chi connectivity index (χ0v) is 23.1. The maximum atomic E-state index is 11.8. The highest BCUT2D eigenvalue weighted by atomic mass is 16.7. The van der Waals surface area contributed by atoms with Crippen LogP contribution in [0.2, 0.25) is 0 Å². The Morgan fingerprint density at radius 3 is 2.28 bits per heavy atom. The zero-order valence-electron chi connectivity index (χ0n) is 23.1. The van der Waals surface area contributed by atoms with Crippen molar-refractivity contribution in [2.75, 3.05) is 6.61 Å². The average Bonchev–Trinajstić information content (AvgIpc) is 3.24. The van der Waals surface area contributed by atoms with Crippen LogP contribution in [0.3, 0.4) is 0 Å². The first-order valence-corrected chi connectivity index (χ1v) is 14.7. The van der Waals surface area contributed by atoms with Gasteiger partial charge in [0.2, 0.25) is 0 Å². The third kappa shape index (κ3) is 2.37. The lowest BCUT2D eigenvalue weighted by atomic mass is 9.41. The van der Waals surface area contributed by atoms with Crippen molar-refractivity contribution in [3.8, 4) is 0 Å².